The van der Waals surface area contributed by atoms with Gasteiger partial charge in [0.25, 0.3) is 0 Å². The van der Waals surface area contributed by atoms with E-state index in [-0.39, 0.29) is 24.1 Å². The fraction of sp³-hybridized carbons (Fsp3) is 0.444. The number of benzene rings is 1. The van der Waals surface area contributed by atoms with Crippen molar-refractivity contribution < 1.29 is 9.18 Å². The molecule has 3 rings (SSSR count). The van der Waals surface area contributed by atoms with Crippen molar-refractivity contribution in [3.05, 3.63) is 47.0 Å². The molecule has 2 heterocycles. The molecule has 0 aliphatic carbocycles. The SMILES string of the molecule is Cc1nn(-c2ccc(F)cc2)c(C)c1CC(=O)N1CCCNCC1.Cl. The van der Waals surface area contributed by atoms with Gasteiger partial charge < -0.3 is 10.2 Å². The normalized spacial score (nSPS) is 14.8. The molecule has 136 valence electrons. The van der Waals surface area contributed by atoms with Crippen LogP contribution in [0.5, 0.6) is 0 Å². The molecular weight excluding hydrogens is 343 g/mol. The van der Waals surface area contributed by atoms with Crippen molar-refractivity contribution in [2.45, 2.75) is 26.7 Å². The number of carbonyl (C=O) groups is 1. The maximum atomic E-state index is 13.1. The number of amides is 1. The van der Waals surface area contributed by atoms with Crippen LogP contribution in [-0.4, -0.2) is 46.8 Å². The molecule has 0 spiro atoms. The summed E-state index contributed by atoms with van der Waals surface area (Å²) in [5.74, 6) is -0.131. The lowest BCUT2D eigenvalue weighted by Crippen LogP contribution is -2.35. The van der Waals surface area contributed by atoms with Crippen molar-refractivity contribution in [2.75, 3.05) is 26.2 Å². The van der Waals surface area contributed by atoms with E-state index in [4.69, 9.17) is 0 Å². The van der Waals surface area contributed by atoms with Gasteiger partial charge in [0, 0.05) is 30.9 Å². The summed E-state index contributed by atoms with van der Waals surface area (Å²) in [6, 6.07) is 6.23. The first-order valence-electron chi connectivity index (χ1n) is 8.36. The van der Waals surface area contributed by atoms with Crippen LogP contribution >= 0.6 is 12.4 Å². The van der Waals surface area contributed by atoms with Crippen LogP contribution in [0, 0.1) is 19.7 Å². The first-order valence-corrected chi connectivity index (χ1v) is 8.36. The molecule has 1 fully saturated rings. The van der Waals surface area contributed by atoms with E-state index in [0.717, 1.165) is 55.2 Å². The molecule has 1 aromatic heterocycles. The molecule has 25 heavy (non-hydrogen) atoms. The largest absolute Gasteiger partial charge is 0.341 e. The highest BCUT2D eigenvalue weighted by Gasteiger charge is 2.20. The second-order valence-electron chi connectivity index (χ2n) is 6.20. The molecule has 1 aliphatic heterocycles. The summed E-state index contributed by atoms with van der Waals surface area (Å²) in [7, 11) is 0. The minimum Gasteiger partial charge on any atom is -0.341 e. The Balaban J connectivity index is 0.00000225. The van der Waals surface area contributed by atoms with Gasteiger partial charge in [0.2, 0.25) is 5.91 Å². The second kappa shape index (κ2) is 8.45. The van der Waals surface area contributed by atoms with Gasteiger partial charge in [-0.2, -0.15) is 5.10 Å². The highest BCUT2D eigenvalue weighted by Crippen LogP contribution is 2.19. The molecule has 0 radical (unpaired) electrons. The first kappa shape index (κ1) is 19.4. The third-order valence-corrected chi connectivity index (χ3v) is 4.53. The zero-order valence-corrected chi connectivity index (χ0v) is 15.4. The smallest absolute Gasteiger partial charge is 0.227 e. The van der Waals surface area contributed by atoms with Crippen molar-refractivity contribution in [3.8, 4) is 5.69 Å². The summed E-state index contributed by atoms with van der Waals surface area (Å²) in [5, 5.41) is 7.85. The zero-order chi connectivity index (χ0) is 17.1. The second-order valence-corrected chi connectivity index (χ2v) is 6.20. The molecule has 1 aliphatic rings. The molecule has 1 aromatic carbocycles. The lowest BCUT2D eigenvalue weighted by Gasteiger charge is -2.20. The fourth-order valence-corrected chi connectivity index (χ4v) is 3.12. The van der Waals surface area contributed by atoms with Crippen molar-refractivity contribution >= 4 is 18.3 Å². The van der Waals surface area contributed by atoms with E-state index in [9.17, 15) is 9.18 Å². The molecule has 1 N–H and O–H groups in total. The molecule has 0 bridgehead atoms. The number of hydrogen-bond acceptors (Lipinski definition) is 3. The average Bonchev–Trinajstić information content (AvgIpc) is 2.78. The molecule has 0 saturated carbocycles. The Morgan fingerprint density at radius 3 is 2.64 bits per heavy atom. The van der Waals surface area contributed by atoms with Crippen molar-refractivity contribution in [2.24, 2.45) is 0 Å². The van der Waals surface area contributed by atoms with Crippen LogP contribution in [0.1, 0.15) is 23.4 Å². The van der Waals surface area contributed by atoms with Crippen molar-refractivity contribution in [3.63, 3.8) is 0 Å². The van der Waals surface area contributed by atoms with E-state index in [1.165, 1.54) is 12.1 Å². The van der Waals surface area contributed by atoms with E-state index in [0.29, 0.717) is 6.42 Å². The van der Waals surface area contributed by atoms with Crippen LogP contribution in [-0.2, 0) is 11.2 Å². The Morgan fingerprint density at radius 2 is 1.92 bits per heavy atom. The van der Waals surface area contributed by atoms with E-state index < -0.39 is 0 Å². The lowest BCUT2D eigenvalue weighted by atomic mass is 10.1. The summed E-state index contributed by atoms with van der Waals surface area (Å²) in [6.07, 6.45) is 1.34. The van der Waals surface area contributed by atoms with Crippen LogP contribution in [0.4, 0.5) is 4.39 Å². The minimum absolute atomic E-state index is 0. The van der Waals surface area contributed by atoms with Gasteiger partial charge in [0.15, 0.2) is 0 Å². The van der Waals surface area contributed by atoms with Crippen LogP contribution < -0.4 is 5.32 Å². The molecule has 2 aromatic rings. The molecular formula is C18H24ClFN4O. The van der Waals surface area contributed by atoms with Gasteiger partial charge >= 0.3 is 0 Å². The average molecular weight is 367 g/mol. The van der Waals surface area contributed by atoms with Gasteiger partial charge in [-0.05, 0) is 51.1 Å². The van der Waals surface area contributed by atoms with Crippen molar-refractivity contribution in [1.82, 2.24) is 20.0 Å². The predicted molar refractivity (Wildman–Crippen MR) is 98.0 cm³/mol. The van der Waals surface area contributed by atoms with Crippen LogP contribution in [0.15, 0.2) is 24.3 Å². The number of aromatic nitrogens is 2. The van der Waals surface area contributed by atoms with Gasteiger partial charge in [0.05, 0.1) is 17.8 Å². The Kier molecular flexibility index (Phi) is 6.56. The minimum atomic E-state index is -0.273. The Labute approximate surface area is 153 Å². The Morgan fingerprint density at radius 1 is 1.20 bits per heavy atom. The quantitative estimate of drug-likeness (QED) is 0.907. The molecule has 0 atom stereocenters. The van der Waals surface area contributed by atoms with E-state index >= 15 is 0 Å². The molecule has 0 unspecified atom stereocenters. The number of halogens is 2. The van der Waals surface area contributed by atoms with Crippen molar-refractivity contribution in [1.29, 1.82) is 0 Å². The van der Waals surface area contributed by atoms with Crippen LogP contribution in [0.3, 0.4) is 0 Å². The van der Waals surface area contributed by atoms with Gasteiger partial charge in [-0.3, -0.25) is 4.79 Å². The summed E-state index contributed by atoms with van der Waals surface area (Å²) in [4.78, 5) is 14.6. The maximum Gasteiger partial charge on any atom is 0.227 e. The molecule has 1 amide bonds. The van der Waals surface area contributed by atoms with E-state index in [1.807, 2.05) is 18.7 Å². The van der Waals surface area contributed by atoms with E-state index in [2.05, 4.69) is 10.4 Å². The summed E-state index contributed by atoms with van der Waals surface area (Å²) in [6.45, 7) is 7.23. The monoisotopic (exact) mass is 366 g/mol. The number of aryl methyl sites for hydroxylation is 1. The first-order chi connectivity index (χ1) is 11.6. The highest BCUT2D eigenvalue weighted by atomic mass is 35.5. The predicted octanol–water partition coefficient (Wildman–Crippen LogP) is 2.41. The number of hydrogen-bond donors (Lipinski definition) is 1. The van der Waals surface area contributed by atoms with E-state index in [1.54, 1.807) is 16.8 Å². The number of nitrogens with one attached hydrogen (secondary N) is 1. The Hall–Kier alpha value is -1.92. The van der Waals surface area contributed by atoms with Crippen LogP contribution in [0.2, 0.25) is 0 Å². The molecule has 7 heteroatoms. The summed E-state index contributed by atoms with van der Waals surface area (Å²) in [5.41, 5.74) is 3.54. The third kappa shape index (κ3) is 4.38. The van der Waals surface area contributed by atoms with Crippen LogP contribution in [0.25, 0.3) is 5.69 Å². The number of carbonyl (C=O) groups excluding carboxylic acids is 1. The van der Waals surface area contributed by atoms with Gasteiger partial charge in [-0.1, -0.05) is 0 Å². The van der Waals surface area contributed by atoms with Gasteiger partial charge in [-0.15, -0.1) is 12.4 Å². The maximum absolute atomic E-state index is 13.1. The number of nitrogens with zero attached hydrogens (tertiary/aromatic N) is 3. The lowest BCUT2D eigenvalue weighted by molar-refractivity contribution is -0.130. The van der Waals surface area contributed by atoms with Gasteiger partial charge in [0.1, 0.15) is 5.82 Å². The van der Waals surface area contributed by atoms with Gasteiger partial charge in [-0.25, -0.2) is 9.07 Å². The fourth-order valence-electron chi connectivity index (χ4n) is 3.12. The molecule has 1 saturated heterocycles. The third-order valence-electron chi connectivity index (χ3n) is 4.53. The molecule has 5 nitrogen and oxygen atoms in total. The highest BCUT2D eigenvalue weighted by molar-refractivity contribution is 5.85. The summed E-state index contributed by atoms with van der Waals surface area (Å²) < 4.78 is 14.9. The summed E-state index contributed by atoms with van der Waals surface area (Å²) >= 11 is 0. The zero-order valence-electron chi connectivity index (χ0n) is 14.6. The Bertz CT molecular complexity index is 721. The standard InChI is InChI=1S/C18H23FN4O.ClH/c1-13-17(12-18(24)22-10-3-8-20-9-11-22)14(2)23(21-13)16-6-4-15(19)5-7-16;/h4-7,20H,3,8-12H2,1-2H3;1H. The topological polar surface area (TPSA) is 50.2 Å². The number of rotatable bonds is 3.